The van der Waals surface area contributed by atoms with Crippen LogP contribution >= 0.6 is 23.2 Å². The van der Waals surface area contributed by atoms with Gasteiger partial charge in [0.05, 0.1) is 27.9 Å². The fourth-order valence-corrected chi connectivity index (χ4v) is 11.8. The number of benzene rings is 3. The van der Waals surface area contributed by atoms with Gasteiger partial charge < -0.3 is 25.8 Å². The van der Waals surface area contributed by atoms with Crippen molar-refractivity contribution in [2.75, 3.05) is 42.3 Å². The van der Waals surface area contributed by atoms with Crippen LogP contribution in [0.5, 0.6) is 0 Å². The van der Waals surface area contributed by atoms with Gasteiger partial charge in [0.15, 0.2) is 0 Å². The lowest BCUT2D eigenvalue weighted by Gasteiger charge is -2.47. The van der Waals surface area contributed by atoms with Gasteiger partial charge in [0.1, 0.15) is 19.7 Å². The molecule has 2 saturated carbocycles. The lowest BCUT2D eigenvalue weighted by molar-refractivity contribution is -0.138. The summed E-state index contributed by atoms with van der Waals surface area (Å²) < 4.78 is 15.3. The van der Waals surface area contributed by atoms with Crippen molar-refractivity contribution >= 4 is 89.5 Å². The van der Waals surface area contributed by atoms with E-state index in [9.17, 15) is 28.8 Å². The van der Waals surface area contributed by atoms with E-state index in [-0.39, 0.29) is 39.7 Å². The second-order valence-corrected chi connectivity index (χ2v) is 19.9. The number of amides is 6. The third-order valence-corrected chi connectivity index (χ3v) is 15.9. The average molecular weight is 957 g/mol. The smallest absolute Gasteiger partial charge is 0.249 e. The number of imide groups is 1. The zero-order valence-electron chi connectivity index (χ0n) is 38.6. The van der Waals surface area contributed by atoms with Crippen LogP contribution < -0.4 is 36.9 Å². The highest BCUT2D eigenvalue weighted by Crippen LogP contribution is 2.58. The van der Waals surface area contributed by atoms with Crippen LogP contribution in [-0.4, -0.2) is 93.5 Å². The van der Waals surface area contributed by atoms with Crippen molar-refractivity contribution in [2.24, 2.45) is 17.1 Å². The highest BCUT2D eigenvalue weighted by atomic mass is 35.5. The molecule has 17 heteroatoms. The topological polar surface area (TPSA) is 174 Å². The molecule has 1 spiro atoms. The van der Waals surface area contributed by atoms with Gasteiger partial charge in [-0.2, -0.15) is 0 Å². The maximum atomic E-state index is 15.3. The number of anilines is 3. The molecule has 6 amide bonds. The number of hydrogen-bond acceptors (Lipinski definition) is 8. The van der Waals surface area contributed by atoms with Crippen LogP contribution in [0.4, 0.5) is 21.5 Å². The number of carbonyl (C=O) groups is 6. The number of nitrogens with two attached hydrogens (primary N) is 1. The van der Waals surface area contributed by atoms with Gasteiger partial charge >= 0.3 is 0 Å². The third kappa shape index (κ3) is 10.1. The van der Waals surface area contributed by atoms with Crippen molar-refractivity contribution in [3.63, 3.8) is 0 Å². The zero-order valence-corrected chi connectivity index (χ0v) is 40.1. The summed E-state index contributed by atoms with van der Waals surface area (Å²) in [6.07, 6.45) is 13.0. The Morgan fingerprint density at radius 1 is 0.896 bits per heavy atom. The molecule has 13 nitrogen and oxygen atoms in total. The van der Waals surface area contributed by atoms with E-state index in [1.165, 1.54) is 30.2 Å². The fourth-order valence-electron chi connectivity index (χ4n) is 11.4. The van der Waals surface area contributed by atoms with Crippen molar-refractivity contribution in [3.8, 4) is 0 Å². The van der Waals surface area contributed by atoms with E-state index >= 15 is 4.39 Å². The van der Waals surface area contributed by atoms with Crippen LogP contribution in [0.15, 0.2) is 54.6 Å². The Hall–Kier alpha value is -4.99. The van der Waals surface area contributed by atoms with Crippen LogP contribution in [0, 0.1) is 17.2 Å². The average Bonchev–Trinajstić information content (AvgIpc) is 3.58. The summed E-state index contributed by atoms with van der Waals surface area (Å²) in [4.78, 5) is 80.6. The number of piperidine rings is 2. The first-order valence-electron chi connectivity index (χ1n) is 23.5. The summed E-state index contributed by atoms with van der Waals surface area (Å²) in [6.45, 7) is 3.32. The van der Waals surface area contributed by atoms with Crippen LogP contribution in [0.25, 0.3) is 0 Å². The monoisotopic (exact) mass is 955 g/mol. The van der Waals surface area contributed by atoms with Gasteiger partial charge in [0, 0.05) is 61.7 Å². The zero-order chi connectivity index (χ0) is 48.2. The quantitative estimate of drug-likeness (QED) is 0.0997. The molecule has 67 heavy (non-hydrogen) atoms. The second-order valence-electron chi connectivity index (χ2n) is 19.1. The number of nitrogens with zero attached hydrogens (tertiary/aromatic N) is 3. The third-order valence-electron chi connectivity index (χ3n) is 15.3. The van der Waals surface area contributed by atoms with Crippen LogP contribution in [0.3, 0.4) is 0 Å². The number of likely N-dealkylation sites (tertiary alicyclic amines) is 1. The molecule has 0 aromatic heterocycles. The lowest BCUT2D eigenvalue weighted by Crippen LogP contribution is -2.58. The first-order chi connectivity index (χ1) is 32.0. The molecule has 2 radical (unpaired) electrons. The molecule has 3 aliphatic heterocycles. The minimum absolute atomic E-state index is 0.0813. The normalized spacial score (nSPS) is 24.3. The lowest BCUT2D eigenvalue weighted by atomic mass is 9.58. The number of hydrogen-bond donors (Lipinski definition) is 4. The summed E-state index contributed by atoms with van der Waals surface area (Å²) in [5.41, 5.74) is 7.22. The van der Waals surface area contributed by atoms with Crippen LogP contribution in [0.2, 0.25) is 10.0 Å². The van der Waals surface area contributed by atoms with Crippen molar-refractivity contribution < 1.29 is 33.2 Å². The van der Waals surface area contributed by atoms with E-state index in [1.807, 2.05) is 24.1 Å². The number of likely N-dealkylation sites (N-methyl/N-ethyl adjacent to an activating group) is 1. The minimum atomic E-state index is -1.24. The number of halogens is 3. The van der Waals surface area contributed by atoms with E-state index in [4.69, 9.17) is 36.8 Å². The fraction of sp³-hybridized carbons (Fsp3) is 0.520. The Morgan fingerprint density at radius 3 is 2.21 bits per heavy atom. The predicted octanol–water partition coefficient (Wildman–Crippen LogP) is 6.62. The number of primary amides is 1. The van der Waals surface area contributed by atoms with Crippen molar-refractivity contribution in [1.29, 1.82) is 0 Å². The molecular formula is C50H61BCl2FN7O6. The van der Waals surface area contributed by atoms with E-state index in [0.29, 0.717) is 48.2 Å². The highest BCUT2D eigenvalue weighted by Gasteiger charge is 2.66. The van der Waals surface area contributed by atoms with E-state index in [2.05, 4.69) is 26.9 Å². The van der Waals surface area contributed by atoms with E-state index < -0.39 is 40.7 Å². The van der Waals surface area contributed by atoms with Gasteiger partial charge in [-0.1, -0.05) is 91.5 Å². The van der Waals surface area contributed by atoms with Gasteiger partial charge in [-0.05, 0) is 99.2 Å². The minimum Gasteiger partial charge on any atom is -0.368 e. The molecule has 5 aliphatic rings. The largest absolute Gasteiger partial charge is 0.368 e. The van der Waals surface area contributed by atoms with Gasteiger partial charge in [-0.25, -0.2) is 4.39 Å². The summed E-state index contributed by atoms with van der Waals surface area (Å²) in [6, 6.07) is 14.2. The summed E-state index contributed by atoms with van der Waals surface area (Å²) in [5, 5.41) is 8.92. The maximum Gasteiger partial charge on any atom is 0.249 e. The van der Waals surface area contributed by atoms with Crippen molar-refractivity contribution in [1.82, 2.24) is 15.5 Å². The molecule has 3 aromatic rings. The summed E-state index contributed by atoms with van der Waals surface area (Å²) in [5.74, 6) is -2.27. The van der Waals surface area contributed by atoms with Crippen molar-refractivity contribution in [3.05, 3.63) is 81.6 Å². The SMILES string of the molecule is CN(C=O)c1cc(C2CCN(C(=O)C3CCCCC3)CC2)ccc1N(C)C1CCC(=O)NC1=O.[B]c1c(Cl)cccc1NC(=O)C1(C)C(c2cccc(Cl)c2F)[C@H](C(N)=O)NC12CCCCC2. The molecule has 8 rings (SSSR count). The molecule has 3 saturated heterocycles. The summed E-state index contributed by atoms with van der Waals surface area (Å²) >= 11 is 12.2. The number of carbonyl (C=O) groups excluding carboxylic acids is 6. The molecule has 4 atom stereocenters. The van der Waals surface area contributed by atoms with Gasteiger partial charge in [0.2, 0.25) is 35.9 Å². The standard InChI is InChI=1S/C26H36N4O4.C24H25BCl2FN3O2/c1-28(17-31)23-16-20(8-9-21(23)29(2)22-10-11-24(32)27-25(22)33)18-12-14-30(15-13-18)26(34)19-6-4-3-5-7-19;1-23(22(33)30-16-10-6-8-14(26)18(16)25)17(13-7-5-9-15(27)19(13)28)20(21(29)32)31-24(23)11-3-2-4-12-24/h8-9,16-19,22H,3-7,10-15H2,1-2H3,(H,27,32,33);5-10,17,20,31H,2-4,11-12H2,1H3,(H2,29,32)(H,30,33)/t;17?,20-,23?/m.1/s1. The van der Waals surface area contributed by atoms with Crippen molar-refractivity contribution in [2.45, 2.75) is 126 Å². The summed E-state index contributed by atoms with van der Waals surface area (Å²) in [7, 11) is 9.63. The molecule has 3 unspecified atom stereocenters. The molecule has 356 valence electrons. The molecule has 2 aliphatic carbocycles. The maximum absolute atomic E-state index is 15.3. The van der Waals surface area contributed by atoms with Gasteiger partial charge in [0.25, 0.3) is 0 Å². The Bertz CT molecular complexity index is 2370. The number of rotatable bonds is 10. The molecule has 3 aromatic carbocycles. The Balaban J connectivity index is 0.000000199. The van der Waals surface area contributed by atoms with Crippen LogP contribution in [-0.2, 0) is 28.8 Å². The molecule has 0 bridgehead atoms. The predicted molar refractivity (Wildman–Crippen MR) is 260 cm³/mol. The first kappa shape index (κ1) is 49.9. The molecule has 3 heterocycles. The molecule has 5 fully saturated rings. The molecule has 5 N–H and O–H groups in total. The highest BCUT2D eigenvalue weighted by molar-refractivity contribution is 6.47. The first-order valence-corrected chi connectivity index (χ1v) is 24.3. The van der Waals surface area contributed by atoms with Gasteiger partial charge in [-0.3, -0.25) is 39.4 Å². The van der Waals surface area contributed by atoms with Crippen LogP contribution in [0.1, 0.15) is 120 Å². The van der Waals surface area contributed by atoms with Gasteiger partial charge in [-0.15, -0.1) is 0 Å². The molecular weight excluding hydrogens is 895 g/mol. The second kappa shape index (κ2) is 21.1. The Kier molecular flexibility index (Phi) is 15.7. The number of nitrogens with one attached hydrogen (secondary N) is 3. The van der Waals surface area contributed by atoms with E-state index in [1.54, 1.807) is 44.3 Å². The van der Waals surface area contributed by atoms with E-state index in [0.717, 1.165) is 81.4 Å². The Morgan fingerprint density at radius 2 is 1.55 bits per heavy atom. The Labute approximate surface area is 403 Å².